The van der Waals surface area contributed by atoms with Gasteiger partial charge < -0.3 is 5.32 Å². The SMILES string of the molecule is O=C(Nc1ccc(S(=O)(=O)N2CCCCCC2)cc1)c1ccc(C2SCCCS2)cc1. The van der Waals surface area contributed by atoms with Crippen LogP contribution < -0.4 is 5.32 Å². The monoisotopic (exact) mass is 476 g/mol. The van der Waals surface area contributed by atoms with Crippen molar-refractivity contribution in [3.8, 4) is 0 Å². The molecule has 31 heavy (non-hydrogen) atoms. The van der Waals surface area contributed by atoms with Crippen LogP contribution in [0.1, 0.15) is 52.6 Å². The van der Waals surface area contributed by atoms with Gasteiger partial charge in [0, 0.05) is 24.3 Å². The summed E-state index contributed by atoms with van der Waals surface area (Å²) in [5.74, 6) is 2.17. The fourth-order valence-electron chi connectivity index (χ4n) is 3.82. The number of anilines is 1. The lowest BCUT2D eigenvalue weighted by Gasteiger charge is -2.21. The van der Waals surface area contributed by atoms with E-state index in [1.165, 1.54) is 23.5 Å². The Balaban J connectivity index is 1.39. The molecule has 2 fully saturated rings. The molecular weight excluding hydrogens is 448 g/mol. The van der Waals surface area contributed by atoms with E-state index >= 15 is 0 Å². The van der Waals surface area contributed by atoms with Crippen LogP contribution in [0.5, 0.6) is 0 Å². The lowest BCUT2D eigenvalue weighted by Crippen LogP contribution is -2.31. The second-order valence-electron chi connectivity index (χ2n) is 7.85. The number of hydrogen-bond donors (Lipinski definition) is 1. The number of sulfonamides is 1. The lowest BCUT2D eigenvalue weighted by atomic mass is 10.1. The van der Waals surface area contributed by atoms with Gasteiger partial charge in [-0.25, -0.2) is 8.42 Å². The van der Waals surface area contributed by atoms with Gasteiger partial charge in [0.1, 0.15) is 0 Å². The molecule has 0 spiro atoms. The van der Waals surface area contributed by atoms with Crippen molar-refractivity contribution < 1.29 is 13.2 Å². The molecule has 0 radical (unpaired) electrons. The molecule has 2 aliphatic heterocycles. The Morgan fingerprint density at radius 3 is 2.06 bits per heavy atom. The highest BCUT2D eigenvalue weighted by Gasteiger charge is 2.25. The summed E-state index contributed by atoms with van der Waals surface area (Å²) < 4.78 is 27.8. The normalized spacial score (nSPS) is 19.0. The average Bonchev–Trinajstić information content (AvgIpc) is 3.10. The van der Waals surface area contributed by atoms with Crippen LogP contribution in [-0.4, -0.2) is 43.2 Å². The molecule has 2 saturated heterocycles. The maximum absolute atomic E-state index is 12.9. The Kier molecular flexibility index (Phi) is 7.63. The van der Waals surface area contributed by atoms with Crippen LogP contribution in [0, 0.1) is 0 Å². The summed E-state index contributed by atoms with van der Waals surface area (Å²) in [5, 5.41) is 2.87. The smallest absolute Gasteiger partial charge is 0.255 e. The largest absolute Gasteiger partial charge is 0.322 e. The first kappa shape index (κ1) is 22.7. The first-order chi connectivity index (χ1) is 15.0. The maximum Gasteiger partial charge on any atom is 0.255 e. The lowest BCUT2D eigenvalue weighted by molar-refractivity contribution is 0.102. The second kappa shape index (κ2) is 10.4. The van der Waals surface area contributed by atoms with E-state index in [0.29, 0.717) is 28.9 Å². The quantitative estimate of drug-likeness (QED) is 0.628. The fourth-order valence-corrected chi connectivity index (χ4v) is 8.23. The van der Waals surface area contributed by atoms with E-state index in [4.69, 9.17) is 0 Å². The topological polar surface area (TPSA) is 66.5 Å². The zero-order valence-corrected chi connectivity index (χ0v) is 19.9. The fraction of sp³-hybridized carbons (Fsp3) is 0.435. The number of carbonyl (C=O) groups excluding carboxylic acids is 1. The summed E-state index contributed by atoms with van der Waals surface area (Å²) in [4.78, 5) is 12.9. The van der Waals surface area contributed by atoms with Crippen molar-refractivity contribution in [1.29, 1.82) is 0 Å². The van der Waals surface area contributed by atoms with Crippen LogP contribution in [0.2, 0.25) is 0 Å². The van der Waals surface area contributed by atoms with Crippen molar-refractivity contribution in [3.63, 3.8) is 0 Å². The summed E-state index contributed by atoms with van der Waals surface area (Å²) in [6.45, 7) is 1.16. The summed E-state index contributed by atoms with van der Waals surface area (Å²) >= 11 is 3.92. The van der Waals surface area contributed by atoms with Crippen LogP contribution in [0.4, 0.5) is 5.69 Å². The van der Waals surface area contributed by atoms with E-state index in [2.05, 4.69) is 5.32 Å². The molecule has 2 aromatic carbocycles. The highest BCUT2D eigenvalue weighted by molar-refractivity contribution is 8.16. The Labute approximate surface area is 193 Å². The molecule has 2 heterocycles. The van der Waals surface area contributed by atoms with Crippen LogP contribution in [0.3, 0.4) is 0 Å². The minimum atomic E-state index is -3.48. The molecule has 0 unspecified atom stereocenters. The predicted octanol–water partition coefficient (Wildman–Crippen LogP) is 5.37. The van der Waals surface area contributed by atoms with Crippen molar-refractivity contribution in [2.75, 3.05) is 29.9 Å². The highest BCUT2D eigenvalue weighted by atomic mass is 32.2. The molecule has 2 aromatic rings. The van der Waals surface area contributed by atoms with Crippen molar-refractivity contribution in [3.05, 3.63) is 59.7 Å². The van der Waals surface area contributed by atoms with Crippen molar-refractivity contribution in [2.24, 2.45) is 0 Å². The van der Waals surface area contributed by atoms with Crippen molar-refractivity contribution in [1.82, 2.24) is 4.31 Å². The minimum absolute atomic E-state index is 0.196. The summed E-state index contributed by atoms with van der Waals surface area (Å²) in [6.07, 6.45) is 5.23. The number of hydrogen-bond acceptors (Lipinski definition) is 5. The molecule has 4 rings (SSSR count). The van der Waals surface area contributed by atoms with Gasteiger partial charge in [0.15, 0.2) is 0 Å². The van der Waals surface area contributed by atoms with E-state index in [-0.39, 0.29) is 10.8 Å². The molecule has 0 aliphatic carbocycles. The van der Waals surface area contributed by atoms with Gasteiger partial charge >= 0.3 is 0 Å². The van der Waals surface area contributed by atoms with Gasteiger partial charge in [-0.3, -0.25) is 4.79 Å². The molecule has 1 N–H and O–H groups in total. The third-order valence-electron chi connectivity index (χ3n) is 5.59. The number of nitrogens with one attached hydrogen (secondary N) is 1. The first-order valence-corrected chi connectivity index (χ1v) is 14.3. The zero-order chi connectivity index (χ0) is 21.7. The van der Waals surface area contributed by atoms with Crippen molar-refractivity contribution >= 4 is 45.1 Å². The molecule has 5 nitrogen and oxygen atoms in total. The Morgan fingerprint density at radius 1 is 0.839 bits per heavy atom. The summed E-state index contributed by atoms with van der Waals surface area (Å²) in [6, 6.07) is 14.3. The van der Waals surface area contributed by atoms with Gasteiger partial charge in [-0.1, -0.05) is 25.0 Å². The minimum Gasteiger partial charge on any atom is -0.322 e. The van der Waals surface area contributed by atoms with Gasteiger partial charge in [0.2, 0.25) is 10.0 Å². The van der Waals surface area contributed by atoms with E-state index in [9.17, 15) is 13.2 Å². The molecule has 0 bridgehead atoms. The number of nitrogens with zero attached hydrogens (tertiary/aromatic N) is 1. The van der Waals surface area contributed by atoms with Crippen LogP contribution in [0.15, 0.2) is 53.4 Å². The second-order valence-corrected chi connectivity index (χ2v) is 12.5. The van der Waals surface area contributed by atoms with Crippen LogP contribution in [-0.2, 0) is 10.0 Å². The molecule has 2 aliphatic rings. The van der Waals surface area contributed by atoms with Crippen molar-refractivity contribution in [2.45, 2.75) is 41.6 Å². The van der Waals surface area contributed by atoms with E-state index in [1.807, 2.05) is 47.8 Å². The molecule has 0 saturated carbocycles. The zero-order valence-electron chi connectivity index (χ0n) is 17.5. The number of benzene rings is 2. The Hall–Kier alpha value is -1.48. The third kappa shape index (κ3) is 5.66. The molecular formula is C23H28N2O3S3. The average molecular weight is 477 g/mol. The molecule has 166 valence electrons. The van der Waals surface area contributed by atoms with Crippen LogP contribution in [0.25, 0.3) is 0 Å². The molecule has 0 aromatic heterocycles. The van der Waals surface area contributed by atoms with Gasteiger partial charge in [-0.2, -0.15) is 4.31 Å². The molecule has 8 heteroatoms. The predicted molar refractivity (Wildman–Crippen MR) is 130 cm³/mol. The summed E-state index contributed by atoms with van der Waals surface area (Å²) in [7, 11) is -3.48. The van der Waals surface area contributed by atoms with Gasteiger partial charge in [-0.05, 0) is 72.7 Å². The van der Waals surface area contributed by atoms with Gasteiger partial charge in [0.05, 0.1) is 9.48 Å². The van der Waals surface area contributed by atoms with Crippen LogP contribution >= 0.6 is 23.5 Å². The van der Waals surface area contributed by atoms with E-state index in [0.717, 1.165) is 25.7 Å². The van der Waals surface area contributed by atoms with E-state index in [1.54, 1.807) is 28.6 Å². The number of thioether (sulfide) groups is 2. The number of rotatable bonds is 5. The maximum atomic E-state index is 12.9. The van der Waals surface area contributed by atoms with E-state index < -0.39 is 10.0 Å². The first-order valence-electron chi connectivity index (χ1n) is 10.8. The number of amides is 1. The number of carbonyl (C=O) groups is 1. The molecule has 0 atom stereocenters. The van der Waals surface area contributed by atoms with Gasteiger partial charge in [-0.15, -0.1) is 23.5 Å². The summed E-state index contributed by atoms with van der Waals surface area (Å²) in [5.41, 5.74) is 2.42. The Morgan fingerprint density at radius 2 is 1.45 bits per heavy atom. The molecule has 1 amide bonds. The Bertz CT molecular complexity index is 978. The van der Waals surface area contributed by atoms with Gasteiger partial charge in [0.25, 0.3) is 5.91 Å². The highest BCUT2D eigenvalue weighted by Crippen LogP contribution is 2.43. The third-order valence-corrected chi connectivity index (χ3v) is 10.5. The standard InChI is InChI=1S/C23H28N2O3S3/c26-22(18-6-8-19(9-7-18)23-29-16-5-17-30-23)24-20-10-12-21(13-11-20)31(27,28)25-14-3-1-2-4-15-25/h6-13,23H,1-5,14-17H2,(H,24,26).